The number of hydrogen-bond acceptors (Lipinski definition) is 6. The van der Waals surface area contributed by atoms with E-state index in [4.69, 9.17) is 9.47 Å². The lowest BCUT2D eigenvalue weighted by Crippen LogP contribution is -2.36. The number of ether oxygens (including phenoxy) is 2. The van der Waals surface area contributed by atoms with Gasteiger partial charge in [-0.15, -0.1) is 0 Å². The van der Waals surface area contributed by atoms with Crippen molar-refractivity contribution in [3.8, 4) is 11.6 Å². The first-order chi connectivity index (χ1) is 16.7. The predicted octanol–water partition coefficient (Wildman–Crippen LogP) is 4.46. The van der Waals surface area contributed by atoms with E-state index >= 15 is 0 Å². The molecule has 1 atom stereocenters. The average molecular weight is 455 g/mol. The number of rotatable bonds is 5. The van der Waals surface area contributed by atoms with Crippen molar-refractivity contribution in [2.24, 2.45) is 5.92 Å². The lowest BCUT2D eigenvalue weighted by atomic mass is 9.97. The van der Waals surface area contributed by atoms with Gasteiger partial charge < -0.3 is 14.4 Å². The van der Waals surface area contributed by atoms with Crippen molar-refractivity contribution < 1.29 is 14.3 Å². The molecule has 4 aromatic rings. The zero-order chi connectivity index (χ0) is 23.3. The molecule has 1 aliphatic heterocycles. The van der Waals surface area contributed by atoms with Crippen LogP contribution in [0.15, 0.2) is 73.3 Å². The molecule has 0 N–H and O–H groups in total. The van der Waals surface area contributed by atoms with Gasteiger partial charge in [0.05, 0.1) is 19.4 Å². The molecule has 1 fully saturated rings. The van der Waals surface area contributed by atoms with Gasteiger partial charge in [-0.2, -0.15) is 0 Å². The molecule has 0 aliphatic carbocycles. The summed E-state index contributed by atoms with van der Waals surface area (Å²) in [5.74, 6) is 0.904. The summed E-state index contributed by atoms with van der Waals surface area (Å²) in [4.78, 5) is 28.1. The zero-order valence-corrected chi connectivity index (χ0v) is 19.1. The minimum absolute atomic E-state index is 0.108. The van der Waals surface area contributed by atoms with E-state index < -0.39 is 0 Å². The van der Waals surface area contributed by atoms with Gasteiger partial charge in [0.2, 0.25) is 5.88 Å². The van der Waals surface area contributed by atoms with Gasteiger partial charge in [-0.3, -0.25) is 14.8 Å². The molecule has 0 radical (unpaired) electrons. The Bertz CT molecular complexity index is 1290. The van der Waals surface area contributed by atoms with Crippen LogP contribution in [0.5, 0.6) is 11.6 Å². The number of amides is 1. The molecule has 1 aliphatic rings. The van der Waals surface area contributed by atoms with Crippen LogP contribution in [0, 0.1) is 12.8 Å². The van der Waals surface area contributed by atoms with Gasteiger partial charge in [0, 0.05) is 48.7 Å². The van der Waals surface area contributed by atoms with Gasteiger partial charge in [-0.25, -0.2) is 4.98 Å². The van der Waals surface area contributed by atoms with Gasteiger partial charge in [0.15, 0.2) is 0 Å². The van der Waals surface area contributed by atoms with Crippen LogP contribution in [-0.4, -0.2) is 52.1 Å². The van der Waals surface area contributed by atoms with Crippen LogP contribution < -0.4 is 4.74 Å². The highest BCUT2D eigenvalue weighted by Crippen LogP contribution is 2.25. The molecule has 0 saturated carbocycles. The molecule has 1 amide bonds. The number of aromatic nitrogens is 3. The molecule has 1 aromatic carbocycles. The SMILES string of the molecule is Cc1ccc(Oc2ncccc2C(=O)N2CCOCC(Cc3ccc4cnccc4c3)C2)cn1. The molecular formula is C27H26N4O3. The lowest BCUT2D eigenvalue weighted by molar-refractivity contribution is 0.0734. The van der Waals surface area contributed by atoms with Crippen molar-refractivity contribution in [2.45, 2.75) is 13.3 Å². The second kappa shape index (κ2) is 9.97. The maximum atomic E-state index is 13.5. The Morgan fingerprint density at radius 1 is 1.09 bits per heavy atom. The average Bonchev–Trinajstić information content (AvgIpc) is 3.11. The topological polar surface area (TPSA) is 77.4 Å². The summed E-state index contributed by atoms with van der Waals surface area (Å²) in [6, 6.07) is 15.6. The van der Waals surface area contributed by atoms with Crippen LogP contribution in [0.3, 0.4) is 0 Å². The van der Waals surface area contributed by atoms with Crippen molar-refractivity contribution in [2.75, 3.05) is 26.3 Å². The third-order valence-electron chi connectivity index (χ3n) is 5.95. The van der Waals surface area contributed by atoms with E-state index in [0.717, 1.165) is 22.9 Å². The van der Waals surface area contributed by atoms with Crippen LogP contribution in [0.25, 0.3) is 10.8 Å². The van der Waals surface area contributed by atoms with E-state index in [9.17, 15) is 4.79 Å². The molecule has 1 unspecified atom stereocenters. The van der Waals surface area contributed by atoms with Gasteiger partial charge in [-0.1, -0.05) is 18.2 Å². The lowest BCUT2D eigenvalue weighted by Gasteiger charge is -2.24. The zero-order valence-electron chi connectivity index (χ0n) is 19.1. The Labute approximate surface area is 198 Å². The normalized spacial score (nSPS) is 16.3. The summed E-state index contributed by atoms with van der Waals surface area (Å²) in [7, 11) is 0. The van der Waals surface area contributed by atoms with Crippen LogP contribution in [0.1, 0.15) is 21.6 Å². The van der Waals surface area contributed by atoms with Crippen LogP contribution in [0.2, 0.25) is 0 Å². The largest absolute Gasteiger partial charge is 0.437 e. The first-order valence-corrected chi connectivity index (χ1v) is 11.4. The van der Waals surface area contributed by atoms with E-state index in [1.807, 2.05) is 42.4 Å². The van der Waals surface area contributed by atoms with Crippen LogP contribution in [-0.2, 0) is 11.2 Å². The van der Waals surface area contributed by atoms with Crippen molar-refractivity contribution in [1.82, 2.24) is 19.9 Å². The smallest absolute Gasteiger partial charge is 0.259 e. The molecule has 7 nitrogen and oxygen atoms in total. The first kappa shape index (κ1) is 22.0. The molecule has 34 heavy (non-hydrogen) atoms. The van der Waals surface area contributed by atoms with Gasteiger partial charge in [0.25, 0.3) is 5.91 Å². The van der Waals surface area contributed by atoms with Crippen molar-refractivity contribution in [3.05, 3.63) is 90.1 Å². The van der Waals surface area contributed by atoms with Gasteiger partial charge >= 0.3 is 0 Å². The molecule has 3 aromatic heterocycles. The van der Waals surface area contributed by atoms with Gasteiger partial charge in [0.1, 0.15) is 11.3 Å². The number of carbonyl (C=O) groups excluding carboxylic acids is 1. The third kappa shape index (κ3) is 5.05. The second-order valence-electron chi connectivity index (χ2n) is 8.55. The van der Waals surface area contributed by atoms with E-state index in [1.54, 1.807) is 24.5 Å². The highest BCUT2D eigenvalue weighted by molar-refractivity contribution is 5.96. The number of nitrogens with zero attached hydrogens (tertiary/aromatic N) is 4. The molecular weight excluding hydrogens is 428 g/mol. The fourth-order valence-corrected chi connectivity index (χ4v) is 4.21. The van der Waals surface area contributed by atoms with Crippen molar-refractivity contribution in [3.63, 3.8) is 0 Å². The van der Waals surface area contributed by atoms with E-state index in [-0.39, 0.29) is 17.7 Å². The van der Waals surface area contributed by atoms with Crippen molar-refractivity contribution >= 4 is 16.7 Å². The molecule has 0 spiro atoms. The Hall–Kier alpha value is -3.84. The number of benzene rings is 1. The Kier molecular flexibility index (Phi) is 6.44. The summed E-state index contributed by atoms with van der Waals surface area (Å²) in [6.07, 6.45) is 7.76. The number of pyridine rings is 3. The molecule has 172 valence electrons. The number of fused-ring (bicyclic) bond motifs is 1. The van der Waals surface area contributed by atoms with Crippen LogP contribution in [0.4, 0.5) is 0 Å². The second-order valence-corrected chi connectivity index (χ2v) is 8.55. The molecule has 1 saturated heterocycles. The molecule has 7 heteroatoms. The number of aryl methyl sites for hydroxylation is 1. The summed E-state index contributed by atoms with van der Waals surface area (Å²) in [6.45, 7) is 4.16. The monoisotopic (exact) mass is 454 g/mol. The summed E-state index contributed by atoms with van der Waals surface area (Å²) in [5.41, 5.74) is 2.55. The molecule has 0 bridgehead atoms. The minimum Gasteiger partial charge on any atom is -0.437 e. The van der Waals surface area contributed by atoms with E-state index in [2.05, 4.69) is 33.2 Å². The first-order valence-electron chi connectivity index (χ1n) is 11.4. The third-order valence-corrected chi connectivity index (χ3v) is 5.95. The van der Waals surface area contributed by atoms with Crippen molar-refractivity contribution in [1.29, 1.82) is 0 Å². The van der Waals surface area contributed by atoms with Crippen LogP contribution >= 0.6 is 0 Å². The van der Waals surface area contributed by atoms with E-state index in [0.29, 0.717) is 37.6 Å². The number of carbonyl (C=O) groups is 1. The maximum Gasteiger partial charge on any atom is 0.259 e. The minimum atomic E-state index is -0.108. The maximum absolute atomic E-state index is 13.5. The standard InChI is InChI=1S/C27H26N4O3/c1-19-4-7-24(16-30-19)34-26-25(3-2-9-29-26)27(32)31-11-12-33-18-21(17-31)13-20-5-6-23-15-28-10-8-22(23)14-20/h2-10,14-16,21H,11-13,17-18H2,1H3. The summed E-state index contributed by atoms with van der Waals surface area (Å²) in [5, 5.41) is 2.28. The summed E-state index contributed by atoms with van der Waals surface area (Å²) >= 11 is 0. The molecule has 5 rings (SSSR count). The Morgan fingerprint density at radius 3 is 2.91 bits per heavy atom. The highest BCUT2D eigenvalue weighted by Gasteiger charge is 2.26. The van der Waals surface area contributed by atoms with Gasteiger partial charge in [-0.05, 0) is 54.6 Å². The quantitative estimate of drug-likeness (QED) is 0.443. The Balaban J connectivity index is 1.33. The highest BCUT2D eigenvalue weighted by atomic mass is 16.5. The summed E-state index contributed by atoms with van der Waals surface area (Å²) < 4.78 is 11.8. The van der Waals surface area contributed by atoms with E-state index in [1.165, 1.54) is 5.56 Å². The molecule has 4 heterocycles. The number of hydrogen-bond donors (Lipinski definition) is 0. The Morgan fingerprint density at radius 2 is 2.03 bits per heavy atom. The fourth-order valence-electron chi connectivity index (χ4n) is 4.21. The fraction of sp³-hybridized carbons (Fsp3) is 0.259. The predicted molar refractivity (Wildman–Crippen MR) is 129 cm³/mol.